The topological polar surface area (TPSA) is 29.5 Å². The van der Waals surface area contributed by atoms with Crippen molar-refractivity contribution in [1.29, 1.82) is 0 Å². The van der Waals surface area contributed by atoms with Crippen LogP contribution in [0.25, 0.3) is 0 Å². The second-order valence-electron chi connectivity index (χ2n) is 5.97. The van der Waals surface area contributed by atoms with Crippen molar-refractivity contribution in [3.05, 3.63) is 35.6 Å². The standard InChI is InChI=1S/C16H20FNO2/c1-10-8-18(9-11(2)20-10)16(19)14-7-13(14)12-5-3-4-6-15(12)17/h3-6,10-11,13-14H,7-9H2,1-2H3. The Bertz CT molecular complexity index is 509. The first kappa shape index (κ1) is 13.6. The molecule has 1 aliphatic carbocycles. The Morgan fingerprint density at radius 3 is 2.55 bits per heavy atom. The minimum Gasteiger partial charge on any atom is -0.372 e. The van der Waals surface area contributed by atoms with Crippen molar-refractivity contribution in [1.82, 2.24) is 4.90 Å². The van der Waals surface area contributed by atoms with Gasteiger partial charge < -0.3 is 9.64 Å². The van der Waals surface area contributed by atoms with E-state index in [0.717, 1.165) is 6.42 Å². The summed E-state index contributed by atoms with van der Waals surface area (Å²) in [5.41, 5.74) is 0.681. The molecule has 4 atom stereocenters. The molecule has 3 rings (SSSR count). The third-order valence-electron chi connectivity index (χ3n) is 4.14. The molecule has 2 fully saturated rings. The third-order valence-corrected chi connectivity index (χ3v) is 4.14. The van der Waals surface area contributed by atoms with Crippen LogP contribution in [0.1, 0.15) is 31.7 Å². The molecule has 1 amide bonds. The minimum absolute atomic E-state index is 0.0515. The van der Waals surface area contributed by atoms with Gasteiger partial charge in [0.15, 0.2) is 0 Å². The summed E-state index contributed by atoms with van der Waals surface area (Å²) in [5, 5.41) is 0. The molecule has 1 saturated heterocycles. The molecule has 3 nitrogen and oxygen atoms in total. The number of hydrogen-bond donors (Lipinski definition) is 0. The zero-order chi connectivity index (χ0) is 14.3. The van der Waals surface area contributed by atoms with Crippen LogP contribution in [-0.4, -0.2) is 36.1 Å². The van der Waals surface area contributed by atoms with E-state index in [4.69, 9.17) is 4.74 Å². The van der Waals surface area contributed by atoms with Gasteiger partial charge >= 0.3 is 0 Å². The highest BCUT2D eigenvalue weighted by Gasteiger charge is 2.47. The molecule has 1 heterocycles. The molecule has 0 N–H and O–H groups in total. The number of nitrogens with zero attached hydrogens (tertiary/aromatic N) is 1. The van der Waals surface area contributed by atoms with E-state index in [9.17, 15) is 9.18 Å². The molecular weight excluding hydrogens is 257 g/mol. The van der Waals surface area contributed by atoms with Crippen LogP contribution < -0.4 is 0 Å². The number of rotatable bonds is 2. The van der Waals surface area contributed by atoms with Gasteiger partial charge in [0, 0.05) is 19.0 Å². The highest BCUT2D eigenvalue weighted by Crippen LogP contribution is 2.49. The number of carbonyl (C=O) groups excluding carboxylic acids is 1. The van der Waals surface area contributed by atoms with E-state index >= 15 is 0 Å². The van der Waals surface area contributed by atoms with Crippen molar-refractivity contribution in [2.45, 2.75) is 38.4 Å². The van der Waals surface area contributed by atoms with E-state index in [1.165, 1.54) is 6.07 Å². The van der Waals surface area contributed by atoms with Crippen LogP contribution in [0.3, 0.4) is 0 Å². The zero-order valence-electron chi connectivity index (χ0n) is 11.9. The van der Waals surface area contributed by atoms with E-state index in [-0.39, 0.29) is 35.8 Å². The lowest BCUT2D eigenvalue weighted by Crippen LogP contribution is -2.48. The molecule has 1 aromatic rings. The highest BCUT2D eigenvalue weighted by atomic mass is 19.1. The molecule has 0 radical (unpaired) electrons. The van der Waals surface area contributed by atoms with Crippen LogP contribution >= 0.6 is 0 Å². The van der Waals surface area contributed by atoms with Gasteiger partial charge in [-0.25, -0.2) is 4.39 Å². The van der Waals surface area contributed by atoms with E-state index in [1.54, 1.807) is 12.1 Å². The maximum absolute atomic E-state index is 13.7. The summed E-state index contributed by atoms with van der Waals surface area (Å²) >= 11 is 0. The summed E-state index contributed by atoms with van der Waals surface area (Å²) in [5.74, 6) is -0.0432. The summed E-state index contributed by atoms with van der Waals surface area (Å²) < 4.78 is 19.4. The Balaban J connectivity index is 1.67. The SMILES string of the molecule is CC1CN(C(=O)C2CC2c2ccccc2F)CC(C)O1. The minimum atomic E-state index is -0.198. The monoisotopic (exact) mass is 277 g/mol. The van der Waals surface area contributed by atoms with Crippen molar-refractivity contribution in [2.75, 3.05) is 13.1 Å². The van der Waals surface area contributed by atoms with E-state index in [2.05, 4.69) is 0 Å². The average Bonchev–Trinajstić information content (AvgIpc) is 3.17. The maximum Gasteiger partial charge on any atom is 0.226 e. The van der Waals surface area contributed by atoms with Gasteiger partial charge in [-0.2, -0.15) is 0 Å². The Kier molecular flexibility index (Phi) is 3.50. The zero-order valence-corrected chi connectivity index (χ0v) is 11.9. The largest absolute Gasteiger partial charge is 0.372 e. The predicted octanol–water partition coefficient (Wildman–Crippen LogP) is 2.57. The fraction of sp³-hybridized carbons (Fsp3) is 0.562. The lowest BCUT2D eigenvalue weighted by molar-refractivity contribution is -0.144. The van der Waals surface area contributed by atoms with Crippen LogP contribution in [0.4, 0.5) is 4.39 Å². The molecular formula is C16H20FNO2. The number of morpholine rings is 1. The van der Waals surface area contributed by atoms with E-state index < -0.39 is 0 Å². The average molecular weight is 277 g/mol. The molecule has 0 bridgehead atoms. The molecule has 4 heteroatoms. The van der Waals surface area contributed by atoms with E-state index in [1.807, 2.05) is 24.8 Å². The molecule has 2 aliphatic rings. The second kappa shape index (κ2) is 5.17. The fourth-order valence-corrected chi connectivity index (χ4v) is 3.18. The number of hydrogen-bond acceptors (Lipinski definition) is 2. The van der Waals surface area contributed by atoms with Crippen molar-refractivity contribution < 1.29 is 13.9 Å². The highest BCUT2D eigenvalue weighted by molar-refractivity contribution is 5.83. The summed E-state index contributed by atoms with van der Waals surface area (Å²) in [7, 11) is 0. The first-order valence-electron chi connectivity index (χ1n) is 7.25. The number of halogens is 1. The van der Waals surface area contributed by atoms with Gasteiger partial charge in [-0.3, -0.25) is 4.79 Å². The predicted molar refractivity (Wildman–Crippen MR) is 73.8 cm³/mol. The Labute approximate surface area is 118 Å². The number of amides is 1. The molecule has 1 saturated carbocycles. The normalized spacial score (nSPS) is 33.0. The van der Waals surface area contributed by atoms with Crippen LogP contribution in [0.2, 0.25) is 0 Å². The van der Waals surface area contributed by atoms with Crippen LogP contribution in [0, 0.1) is 11.7 Å². The van der Waals surface area contributed by atoms with Gasteiger partial charge in [0.2, 0.25) is 5.91 Å². The maximum atomic E-state index is 13.7. The van der Waals surface area contributed by atoms with Crippen LogP contribution in [0.15, 0.2) is 24.3 Å². The fourth-order valence-electron chi connectivity index (χ4n) is 3.18. The molecule has 0 spiro atoms. The molecule has 0 aromatic heterocycles. The smallest absolute Gasteiger partial charge is 0.226 e. The van der Waals surface area contributed by atoms with Gasteiger partial charge in [-0.05, 0) is 37.8 Å². The lowest BCUT2D eigenvalue weighted by Gasteiger charge is -2.35. The Morgan fingerprint density at radius 2 is 1.90 bits per heavy atom. The van der Waals surface area contributed by atoms with Gasteiger partial charge in [-0.1, -0.05) is 18.2 Å². The lowest BCUT2D eigenvalue weighted by atomic mass is 10.1. The molecule has 1 aromatic carbocycles. The number of benzene rings is 1. The molecule has 4 unspecified atom stereocenters. The van der Waals surface area contributed by atoms with Crippen molar-refractivity contribution >= 4 is 5.91 Å². The summed E-state index contributed by atoms with van der Waals surface area (Å²) in [6.07, 6.45) is 0.918. The quantitative estimate of drug-likeness (QED) is 0.831. The van der Waals surface area contributed by atoms with Crippen LogP contribution in [-0.2, 0) is 9.53 Å². The Morgan fingerprint density at radius 1 is 1.25 bits per heavy atom. The summed E-state index contributed by atoms with van der Waals surface area (Å²) in [4.78, 5) is 14.4. The summed E-state index contributed by atoms with van der Waals surface area (Å²) in [6.45, 7) is 5.25. The molecule has 108 valence electrons. The van der Waals surface area contributed by atoms with E-state index in [0.29, 0.717) is 18.7 Å². The van der Waals surface area contributed by atoms with Crippen LogP contribution in [0.5, 0.6) is 0 Å². The molecule has 1 aliphatic heterocycles. The third kappa shape index (κ3) is 2.57. The van der Waals surface area contributed by atoms with Gasteiger partial charge in [-0.15, -0.1) is 0 Å². The van der Waals surface area contributed by atoms with Gasteiger partial charge in [0.1, 0.15) is 5.82 Å². The van der Waals surface area contributed by atoms with Crippen molar-refractivity contribution in [3.8, 4) is 0 Å². The van der Waals surface area contributed by atoms with Crippen molar-refractivity contribution in [2.24, 2.45) is 5.92 Å². The second-order valence-corrected chi connectivity index (χ2v) is 5.97. The van der Waals surface area contributed by atoms with Gasteiger partial charge in [0.05, 0.1) is 12.2 Å². The number of carbonyl (C=O) groups is 1. The number of ether oxygens (including phenoxy) is 1. The van der Waals surface area contributed by atoms with Gasteiger partial charge in [0.25, 0.3) is 0 Å². The molecule has 20 heavy (non-hydrogen) atoms. The summed E-state index contributed by atoms with van der Waals surface area (Å²) in [6, 6.07) is 6.77. The first-order chi connectivity index (χ1) is 9.56. The Hall–Kier alpha value is -1.42. The van der Waals surface area contributed by atoms with Crippen molar-refractivity contribution in [3.63, 3.8) is 0 Å². The first-order valence-corrected chi connectivity index (χ1v) is 7.25.